The molecule has 2 heterocycles. The number of ether oxygens (including phenoxy) is 2. The second-order valence-corrected chi connectivity index (χ2v) is 8.24. The number of benzene rings is 1. The Morgan fingerprint density at radius 3 is 2.77 bits per heavy atom. The molecule has 1 amide bonds. The van der Waals surface area contributed by atoms with Gasteiger partial charge >= 0.3 is 0 Å². The van der Waals surface area contributed by atoms with E-state index in [1.54, 1.807) is 30.4 Å². The van der Waals surface area contributed by atoms with Gasteiger partial charge in [0.25, 0.3) is 0 Å². The number of aliphatic hydroxyl groups is 1. The van der Waals surface area contributed by atoms with Gasteiger partial charge in [0.15, 0.2) is 11.5 Å². The molecular weight excluding hydrogens is 350 g/mol. The highest BCUT2D eigenvalue weighted by Gasteiger charge is 2.44. The molecule has 6 heteroatoms. The molecule has 4 rings (SSSR count). The Bertz CT molecular complexity index is 794. The lowest BCUT2D eigenvalue weighted by molar-refractivity contribution is -0.127. The molecule has 1 atom stereocenters. The van der Waals surface area contributed by atoms with Crippen LogP contribution >= 0.6 is 11.3 Å². The summed E-state index contributed by atoms with van der Waals surface area (Å²) >= 11 is 1.64. The van der Waals surface area contributed by atoms with E-state index in [1.165, 1.54) is 0 Å². The predicted octanol–water partition coefficient (Wildman–Crippen LogP) is 3.31. The van der Waals surface area contributed by atoms with Crippen molar-refractivity contribution in [2.75, 3.05) is 13.3 Å². The monoisotopic (exact) mass is 373 g/mol. The smallest absolute Gasteiger partial charge is 0.231 e. The molecule has 1 aliphatic heterocycles. The molecule has 2 aromatic rings. The van der Waals surface area contributed by atoms with E-state index in [1.807, 2.05) is 23.6 Å². The maximum absolute atomic E-state index is 13.1. The summed E-state index contributed by atoms with van der Waals surface area (Å²) in [5.41, 5.74) is -0.941. The molecule has 1 aromatic carbocycles. The number of amides is 1. The van der Waals surface area contributed by atoms with Crippen molar-refractivity contribution >= 4 is 17.2 Å². The SMILES string of the molecule is C[C@@](O)(CNC(=O)C1(c2cccs2)CCCC1)c1ccc2c(c1)OCO2. The van der Waals surface area contributed by atoms with Gasteiger partial charge in [-0.1, -0.05) is 25.0 Å². The Balaban J connectivity index is 1.49. The molecule has 0 radical (unpaired) electrons. The van der Waals surface area contributed by atoms with Crippen molar-refractivity contribution in [2.24, 2.45) is 0 Å². The van der Waals surface area contributed by atoms with Crippen LogP contribution in [-0.4, -0.2) is 24.4 Å². The van der Waals surface area contributed by atoms with Crippen LogP contribution in [0.2, 0.25) is 0 Å². The van der Waals surface area contributed by atoms with Crippen LogP contribution in [0.15, 0.2) is 35.7 Å². The minimum absolute atomic E-state index is 0.0125. The Kier molecular flexibility index (Phi) is 4.40. The second kappa shape index (κ2) is 6.59. The summed E-state index contributed by atoms with van der Waals surface area (Å²) in [7, 11) is 0. The maximum atomic E-state index is 13.1. The van der Waals surface area contributed by atoms with Crippen LogP contribution in [0.4, 0.5) is 0 Å². The molecule has 26 heavy (non-hydrogen) atoms. The number of thiophene rings is 1. The molecule has 2 N–H and O–H groups in total. The molecule has 1 aromatic heterocycles. The van der Waals surface area contributed by atoms with Crippen LogP contribution in [0, 0.1) is 0 Å². The van der Waals surface area contributed by atoms with Gasteiger partial charge in [0, 0.05) is 4.88 Å². The first-order chi connectivity index (χ1) is 12.5. The zero-order chi connectivity index (χ0) is 18.2. The molecule has 0 saturated heterocycles. The third kappa shape index (κ3) is 2.97. The van der Waals surface area contributed by atoms with Crippen molar-refractivity contribution < 1.29 is 19.4 Å². The fraction of sp³-hybridized carbons (Fsp3) is 0.450. The number of hydrogen-bond donors (Lipinski definition) is 2. The first-order valence-electron chi connectivity index (χ1n) is 8.96. The normalized spacial score (nSPS) is 19.9. The van der Waals surface area contributed by atoms with Crippen LogP contribution in [-0.2, 0) is 15.8 Å². The van der Waals surface area contributed by atoms with Gasteiger partial charge in [0.1, 0.15) is 5.60 Å². The summed E-state index contributed by atoms with van der Waals surface area (Å²) in [5.74, 6) is 1.31. The highest BCUT2D eigenvalue weighted by Crippen LogP contribution is 2.43. The van der Waals surface area contributed by atoms with Crippen molar-refractivity contribution in [3.05, 3.63) is 46.2 Å². The summed E-state index contributed by atoms with van der Waals surface area (Å²) in [5, 5.41) is 15.9. The average molecular weight is 373 g/mol. The van der Waals surface area contributed by atoms with Gasteiger partial charge in [-0.2, -0.15) is 0 Å². The summed E-state index contributed by atoms with van der Waals surface area (Å²) in [6.45, 7) is 2.05. The van der Waals surface area contributed by atoms with Crippen molar-refractivity contribution in [1.82, 2.24) is 5.32 Å². The number of rotatable bonds is 5. The van der Waals surface area contributed by atoms with E-state index in [4.69, 9.17) is 9.47 Å². The Labute approximate surface area is 156 Å². The fourth-order valence-electron chi connectivity index (χ4n) is 3.87. The highest BCUT2D eigenvalue weighted by molar-refractivity contribution is 7.10. The van der Waals surface area contributed by atoms with E-state index in [9.17, 15) is 9.90 Å². The van der Waals surface area contributed by atoms with E-state index < -0.39 is 11.0 Å². The van der Waals surface area contributed by atoms with Crippen LogP contribution < -0.4 is 14.8 Å². The Morgan fingerprint density at radius 1 is 1.27 bits per heavy atom. The van der Waals surface area contributed by atoms with Gasteiger partial charge in [-0.3, -0.25) is 4.79 Å². The third-order valence-electron chi connectivity index (χ3n) is 5.47. The maximum Gasteiger partial charge on any atom is 0.231 e. The van der Waals surface area contributed by atoms with Crippen molar-refractivity contribution in [3.63, 3.8) is 0 Å². The van der Waals surface area contributed by atoms with Crippen LogP contribution in [0.5, 0.6) is 11.5 Å². The van der Waals surface area contributed by atoms with E-state index >= 15 is 0 Å². The van der Waals surface area contributed by atoms with Crippen molar-refractivity contribution in [1.29, 1.82) is 0 Å². The molecule has 2 aliphatic rings. The molecule has 5 nitrogen and oxygen atoms in total. The van der Waals surface area contributed by atoms with Crippen LogP contribution in [0.25, 0.3) is 0 Å². The standard InChI is InChI=1S/C20H23NO4S/c1-19(23,14-6-7-15-16(11-14)25-13-24-15)12-21-18(22)20(8-2-3-9-20)17-5-4-10-26-17/h4-7,10-11,23H,2-3,8-9,12-13H2,1H3,(H,21,22)/t19-/m1/s1. The van der Waals surface area contributed by atoms with E-state index in [-0.39, 0.29) is 19.2 Å². The molecule has 0 bridgehead atoms. The van der Waals surface area contributed by atoms with Crippen molar-refractivity contribution in [3.8, 4) is 11.5 Å². The molecule has 1 fully saturated rings. The number of hydrogen-bond acceptors (Lipinski definition) is 5. The van der Waals surface area contributed by atoms with Gasteiger partial charge < -0.3 is 19.9 Å². The van der Waals surface area contributed by atoms with Crippen LogP contribution in [0.1, 0.15) is 43.0 Å². The third-order valence-corrected chi connectivity index (χ3v) is 6.55. The van der Waals surface area contributed by atoms with E-state index in [0.29, 0.717) is 17.1 Å². The van der Waals surface area contributed by atoms with Gasteiger partial charge in [-0.25, -0.2) is 0 Å². The highest BCUT2D eigenvalue weighted by atomic mass is 32.1. The number of fused-ring (bicyclic) bond motifs is 1. The lowest BCUT2D eigenvalue weighted by Gasteiger charge is -2.30. The first-order valence-corrected chi connectivity index (χ1v) is 9.84. The zero-order valence-electron chi connectivity index (χ0n) is 14.8. The van der Waals surface area contributed by atoms with Crippen LogP contribution in [0.3, 0.4) is 0 Å². The molecule has 138 valence electrons. The van der Waals surface area contributed by atoms with E-state index in [0.717, 1.165) is 30.6 Å². The summed E-state index contributed by atoms with van der Waals surface area (Å²) in [6.07, 6.45) is 3.85. The predicted molar refractivity (Wildman–Crippen MR) is 99.6 cm³/mol. The van der Waals surface area contributed by atoms with Gasteiger partial charge in [-0.15, -0.1) is 11.3 Å². The number of carbonyl (C=O) groups excluding carboxylic acids is 1. The summed E-state index contributed by atoms with van der Waals surface area (Å²) in [6, 6.07) is 9.42. The lowest BCUT2D eigenvalue weighted by Crippen LogP contribution is -2.47. The molecule has 1 saturated carbocycles. The van der Waals surface area contributed by atoms with Gasteiger partial charge in [-0.05, 0) is 48.9 Å². The topological polar surface area (TPSA) is 67.8 Å². The molecule has 0 spiro atoms. The Hall–Kier alpha value is -2.05. The minimum Gasteiger partial charge on any atom is -0.454 e. The second-order valence-electron chi connectivity index (χ2n) is 7.29. The fourth-order valence-corrected chi connectivity index (χ4v) is 4.85. The van der Waals surface area contributed by atoms with Gasteiger partial charge in [0.2, 0.25) is 12.7 Å². The average Bonchev–Trinajstić information content (AvgIpc) is 3.40. The molecule has 0 unspecified atom stereocenters. The lowest BCUT2D eigenvalue weighted by atomic mass is 9.83. The molecule has 1 aliphatic carbocycles. The number of carbonyl (C=O) groups is 1. The number of nitrogens with one attached hydrogen (secondary N) is 1. The minimum atomic E-state index is -1.19. The first kappa shape index (κ1) is 17.4. The largest absolute Gasteiger partial charge is 0.454 e. The van der Waals surface area contributed by atoms with Gasteiger partial charge in [0.05, 0.1) is 12.0 Å². The Morgan fingerprint density at radius 2 is 2.04 bits per heavy atom. The van der Waals surface area contributed by atoms with Crippen molar-refractivity contribution in [2.45, 2.75) is 43.6 Å². The zero-order valence-corrected chi connectivity index (χ0v) is 15.6. The summed E-state index contributed by atoms with van der Waals surface area (Å²) in [4.78, 5) is 14.2. The summed E-state index contributed by atoms with van der Waals surface area (Å²) < 4.78 is 10.7. The quantitative estimate of drug-likeness (QED) is 0.844. The van der Waals surface area contributed by atoms with E-state index in [2.05, 4.69) is 5.32 Å². The molecular formula is C20H23NO4S.